The van der Waals surface area contributed by atoms with Crippen LogP contribution in [-0.4, -0.2) is 17.9 Å². The third-order valence-electron chi connectivity index (χ3n) is 11.0. The lowest BCUT2D eigenvalue weighted by Gasteiger charge is -2.15. The quantitative estimate of drug-likeness (QED) is 0.0691. The summed E-state index contributed by atoms with van der Waals surface area (Å²) in [5, 5.41) is 0. The number of nitrogens with zero attached hydrogens (tertiary/aromatic N) is 2. The van der Waals surface area contributed by atoms with Crippen molar-refractivity contribution < 1.29 is 0 Å². The van der Waals surface area contributed by atoms with Crippen molar-refractivity contribution in [2.24, 2.45) is 16.5 Å². The lowest BCUT2D eigenvalue weighted by Crippen LogP contribution is -2.13. The van der Waals surface area contributed by atoms with Gasteiger partial charge in [-0.2, -0.15) is 0 Å². The maximum absolute atomic E-state index is 7.02. The zero-order valence-electron chi connectivity index (χ0n) is 36.3. The van der Waals surface area contributed by atoms with Gasteiger partial charge in [0.05, 0.1) is 11.4 Å². The number of rotatable bonds is 13. The molecule has 0 aliphatic heterocycles. The van der Waals surface area contributed by atoms with E-state index in [4.69, 9.17) is 10.7 Å². The van der Waals surface area contributed by atoms with Crippen LogP contribution in [0.5, 0.6) is 0 Å². The molecule has 7 aromatic carbocycles. The van der Waals surface area contributed by atoms with Crippen LogP contribution in [0.3, 0.4) is 0 Å². The Morgan fingerprint density at radius 3 is 1.73 bits per heavy atom. The van der Waals surface area contributed by atoms with Crippen LogP contribution in [0.4, 0.5) is 0 Å². The third-order valence-corrected chi connectivity index (χ3v) is 11.0. The molecule has 0 spiro atoms. The highest BCUT2D eigenvalue weighted by Crippen LogP contribution is 2.35. The van der Waals surface area contributed by atoms with E-state index >= 15 is 0 Å². The van der Waals surface area contributed by atoms with Gasteiger partial charge in [0, 0.05) is 28.8 Å². The smallest absolute Gasteiger partial charge is 0.131 e. The monoisotopic (exact) mass is 818 g/mol. The van der Waals surface area contributed by atoms with Gasteiger partial charge >= 0.3 is 0 Å². The van der Waals surface area contributed by atoms with Crippen molar-refractivity contribution in [3.05, 3.63) is 247 Å². The molecule has 0 bridgehead atoms. The van der Waals surface area contributed by atoms with Crippen molar-refractivity contribution in [1.29, 1.82) is 0 Å². The molecule has 63 heavy (non-hydrogen) atoms. The molecule has 0 saturated heterocycles. The molecular weight excluding hydrogens is 765 g/mol. The number of allylic oxidation sites excluding steroid dienone is 4. The van der Waals surface area contributed by atoms with E-state index in [0.29, 0.717) is 5.84 Å². The first-order valence-corrected chi connectivity index (χ1v) is 21.6. The molecule has 1 heterocycles. The molecule has 4 N–H and O–H groups in total. The number of benzene rings is 7. The maximum Gasteiger partial charge on any atom is 0.131 e. The van der Waals surface area contributed by atoms with Gasteiger partial charge in [-0.25, -0.2) is 4.99 Å². The Morgan fingerprint density at radius 1 is 0.540 bits per heavy atom. The molecule has 0 aliphatic rings. The van der Waals surface area contributed by atoms with Crippen molar-refractivity contribution in [3.63, 3.8) is 0 Å². The summed E-state index contributed by atoms with van der Waals surface area (Å²) in [6.07, 6.45) is 13.4. The summed E-state index contributed by atoms with van der Waals surface area (Å²) >= 11 is 0. The molecule has 310 valence electrons. The van der Waals surface area contributed by atoms with E-state index in [1.54, 1.807) is 0 Å². The fourth-order valence-electron chi connectivity index (χ4n) is 7.84. The normalized spacial score (nSPS) is 12.3. The van der Waals surface area contributed by atoms with E-state index in [9.17, 15) is 0 Å². The summed E-state index contributed by atoms with van der Waals surface area (Å²) in [5.41, 5.74) is 27.7. The highest BCUT2D eigenvalue weighted by molar-refractivity contribution is 6.02. The summed E-state index contributed by atoms with van der Waals surface area (Å²) in [4.78, 5) is 9.90. The molecule has 4 nitrogen and oxygen atoms in total. The van der Waals surface area contributed by atoms with E-state index < -0.39 is 0 Å². The van der Waals surface area contributed by atoms with Crippen LogP contribution in [-0.2, 0) is 0 Å². The number of aromatic nitrogens is 1. The zero-order valence-corrected chi connectivity index (χ0v) is 36.3. The molecule has 0 amide bonds. The highest BCUT2D eigenvalue weighted by atomic mass is 14.9. The predicted molar refractivity (Wildman–Crippen MR) is 270 cm³/mol. The van der Waals surface area contributed by atoms with Crippen LogP contribution >= 0.6 is 0 Å². The number of aliphatic imine (C=N–C) groups is 1. The van der Waals surface area contributed by atoms with E-state index in [1.807, 2.05) is 37.4 Å². The Hall–Kier alpha value is -7.66. The zero-order chi connectivity index (χ0) is 43.8. The molecule has 0 radical (unpaired) electrons. The molecule has 4 heteroatoms. The summed E-state index contributed by atoms with van der Waals surface area (Å²) in [5.74, 6) is 0.609. The van der Waals surface area contributed by atoms with Crippen molar-refractivity contribution in [2.45, 2.75) is 26.2 Å². The second kappa shape index (κ2) is 21.7. The Labute approximate surface area is 373 Å². The van der Waals surface area contributed by atoms with Crippen molar-refractivity contribution in [1.82, 2.24) is 4.98 Å². The average molecular weight is 819 g/mol. The fraction of sp³-hybridized carbons (Fsp3) is 0.0847. The molecule has 8 rings (SSSR count). The first-order chi connectivity index (χ1) is 31.1. The van der Waals surface area contributed by atoms with E-state index in [-0.39, 0.29) is 5.92 Å². The van der Waals surface area contributed by atoms with Gasteiger partial charge in [-0.15, -0.1) is 0 Å². The number of nitrogens with two attached hydrogens (primary N) is 2. The highest BCUT2D eigenvalue weighted by Gasteiger charge is 2.14. The van der Waals surface area contributed by atoms with E-state index in [2.05, 4.69) is 218 Å². The van der Waals surface area contributed by atoms with Gasteiger partial charge in [0.15, 0.2) is 0 Å². The number of hydrogen-bond acceptors (Lipinski definition) is 3. The van der Waals surface area contributed by atoms with Crippen LogP contribution in [0, 0.1) is 0 Å². The van der Waals surface area contributed by atoms with Crippen molar-refractivity contribution >= 4 is 17.6 Å². The third kappa shape index (κ3) is 10.8. The van der Waals surface area contributed by atoms with E-state index in [1.165, 1.54) is 29.3 Å². The van der Waals surface area contributed by atoms with Gasteiger partial charge in [-0.05, 0) is 112 Å². The van der Waals surface area contributed by atoms with Gasteiger partial charge in [-0.3, -0.25) is 4.98 Å². The molecule has 0 fully saturated rings. The topological polar surface area (TPSA) is 77.3 Å². The predicted octanol–water partition coefficient (Wildman–Crippen LogP) is 14.5. The number of pyridine rings is 1. The molecule has 1 unspecified atom stereocenters. The van der Waals surface area contributed by atoms with Crippen molar-refractivity contribution in [3.8, 4) is 55.8 Å². The standard InChI is InChI=1S/C58H49N3.CH5N/c1-3-5-7-22-44-23-10-11-32-53(44)49-28-16-24-45(37-49)47-26-18-30-51(39-47)57(41-42(4-2)43-20-8-6-9-21-43)61-58(59)52-31-19-27-48(40-52)46-25-17-29-50(38-46)54-33-12-13-34-55(54)56-35-14-15-36-60-56;1-2/h3,5-42H,4H2,1-2H3,(H2,59,61);2H2,1H3/b5-3-,22-7-,57-41-;. The second-order valence-corrected chi connectivity index (χ2v) is 15.0. The molecule has 0 saturated carbocycles. The largest absolute Gasteiger partial charge is 0.383 e. The fourth-order valence-corrected chi connectivity index (χ4v) is 7.84. The molecule has 1 atom stereocenters. The Kier molecular flexibility index (Phi) is 15.0. The van der Waals surface area contributed by atoms with E-state index in [0.717, 1.165) is 67.9 Å². The molecule has 1 aromatic heterocycles. The molecule has 0 aliphatic carbocycles. The SMILES string of the molecule is C/C=C\C=C/c1ccccc1-c1cccc(-c2cccc(/C(=C/C(CC)c3ccccc3)N=C(N)c3cccc(-c4cccc(-c5ccccc5-c5ccccn5)c4)c3)c2)c1.CN. The Morgan fingerprint density at radius 2 is 1.08 bits per heavy atom. The minimum Gasteiger partial charge on any atom is -0.383 e. The summed E-state index contributed by atoms with van der Waals surface area (Å²) in [7, 11) is 1.50. The van der Waals surface area contributed by atoms with Gasteiger partial charge in [0.2, 0.25) is 0 Å². The lowest BCUT2D eigenvalue weighted by atomic mass is 9.92. The minimum absolute atomic E-state index is 0.148. The summed E-state index contributed by atoms with van der Waals surface area (Å²) in [6, 6.07) is 68.1. The first kappa shape index (κ1) is 43.4. The van der Waals surface area contributed by atoms with Crippen LogP contribution in [0.15, 0.2) is 230 Å². The Balaban J connectivity index is 0.00000293. The average Bonchev–Trinajstić information content (AvgIpc) is 3.36. The van der Waals surface area contributed by atoms with Crippen molar-refractivity contribution in [2.75, 3.05) is 7.05 Å². The maximum atomic E-state index is 7.02. The number of hydrogen-bond donors (Lipinski definition) is 2. The summed E-state index contributed by atoms with van der Waals surface area (Å²) in [6.45, 7) is 4.25. The van der Waals surface area contributed by atoms with Crippen LogP contribution in [0.1, 0.15) is 48.4 Å². The van der Waals surface area contributed by atoms with Crippen LogP contribution in [0.25, 0.3) is 67.5 Å². The van der Waals surface area contributed by atoms with Gasteiger partial charge in [0.1, 0.15) is 5.84 Å². The van der Waals surface area contributed by atoms with Gasteiger partial charge in [0.25, 0.3) is 0 Å². The van der Waals surface area contributed by atoms with Crippen LogP contribution < -0.4 is 11.5 Å². The second-order valence-electron chi connectivity index (χ2n) is 15.0. The van der Waals surface area contributed by atoms with Crippen LogP contribution in [0.2, 0.25) is 0 Å². The minimum atomic E-state index is 0.148. The molecular formula is C59H54N4. The first-order valence-electron chi connectivity index (χ1n) is 21.6. The molecule has 8 aromatic rings. The summed E-state index contributed by atoms with van der Waals surface area (Å²) < 4.78 is 0. The lowest BCUT2D eigenvalue weighted by molar-refractivity contribution is 0.805. The van der Waals surface area contributed by atoms with Gasteiger partial charge < -0.3 is 11.5 Å². The Bertz CT molecular complexity index is 2870. The van der Waals surface area contributed by atoms with Gasteiger partial charge in [-0.1, -0.05) is 195 Å². The number of amidine groups is 1.